The van der Waals surface area contributed by atoms with E-state index in [0.29, 0.717) is 24.0 Å². The van der Waals surface area contributed by atoms with Gasteiger partial charge < -0.3 is 0 Å². The summed E-state index contributed by atoms with van der Waals surface area (Å²) < 4.78 is 29.7. The summed E-state index contributed by atoms with van der Waals surface area (Å²) in [5.74, 6) is -0.604. The predicted molar refractivity (Wildman–Crippen MR) is 98.8 cm³/mol. The van der Waals surface area contributed by atoms with E-state index in [0.717, 1.165) is 30.0 Å². The molecule has 0 unspecified atom stereocenters. The highest BCUT2D eigenvalue weighted by molar-refractivity contribution is 7.87. The van der Waals surface area contributed by atoms with Gasteiger partial charge in [0, 0.05) is 0 Å². The molecule has 1 aliphatic heterocycles. The molecule has 2 aliphatic rings. The lowest BCUT2D eigenvalue weighted by Crippen LogP contribution is -2.36. The second-order valence-corrected chi connectivity index (χ2v) is 8.91. The van der Waals surface area contributed by atoms with Crippen LogP contribution < -0.4 is 5.32 Å². The minimum absolute atomic E-state index is 0.299. The molecule has 26 heavy (non-hydrogen) atoms. The van der Waals surface area contributed by atoms with Gasteiger partial charge in [0.05, 0.1) is 15.9 Å². The van der Waals surface area contributed by atoms with E-state index >= 15 is 0 Å². The van der Waals surface area contributed by atoms with Crippen molar-refractivity contribution in [3.8, 4) is 0 Å². The summed E-state index contributed by atoms with van der Waals surface area (Å²) in [4.78, 5) is 22.9. The van der Waals surface area contributed by atoms with Crippen LogP contribution in [-0.4, -0.2) is 29.5 Å². The number of carbonyl (C=O) groups excluding carboxylic acids is 2. The zero-order chi connectivity index (χ0) is 18.9. The van der Waals surface area contributed by atoms with Crippen LogP contribution in [0.4, 0.5) is 0 Å². The van der Waals surface area contributed by atoms with Crippen LogP contribution in [0.25, 0.3) is 10.8 Å². The van der Waals surface area contributed by atoms with Crippen LogP contribution in [-0.2, 0) is 10.1 Å². The molecule has 0 atom stereocenters. The molecule has 0 radical (unpaired) electrons. The lowest BCUT2D eigenvalue weighted by atomic mass is 9.90. The predicted octanol–water partition coefficient (Wildman–Crippen LogP) is 3.32. The van der Waals surface area contributed by atoms with Crippen LogP contribution in [0, 0.1) is 0 Å². The number of hydrogen-bond donors (Lipinski definition) is 2. The van der Waals surface area contributed by atoms with Gasteiger partial charge in [0.15, 0.2) is 0 Å². The van der Waals surface area contributed by atoms with Gasteiger partial charge in [0.25, 0.3) is 21.9 Å². The molecule has 6 nitrogen and oxygen atoms in total. The summed E-state index contributed by atoms with van der Waals surface area (Å²) in [6.07, 6.45) is 4.12. The van der Waals surface area contributed by atoms with E-state index < -0.39 is 14.9 Å². The lowest BCUT2D eigenvalue weighted by Gasteiger charge is -2.29. The third-order valence-electron chi connectivity index (χ3n) is 5.16. The summed E-state index contributed by atoms with van der Waals surface area (Å²) in [5.41, 5.74) is 0.969. The number of imide groups is 1. The second-order valence-electron chi connectivity index (χ2n) is 6.98. The van der Waals surface area contributed by atoms with E-state index in [1.165, 1.54) is 0 Å². The van der Waals surface area contributed by atoms with Gasteiger partial charge in [-0.25, -0.2) is 0 Å². The quantitative estimate of drug-likeness (QED) is 0.588. The number of carbonyl (C=O) groups is 2. The number of rotatable bonds is 1. The first-order valence-corrected chi connectivity index (χ1v) is 10.0. The van der Waals surface area contributed by atoms with Crippen LogP contribution in [0.15, 0.2) is 36.4 Å². The highest BCUT2D eigenvalue weighted by Crippen LogP contribution is 2.33. The Morgan fingerprint density at radius 3 is 2.23 bits per heavy atom. The molecule has 2 N–H and O–H groups in total. The molecule has 138 valence electrons. The molecule has 1 heterocycles. The van der Waals surface area contributed by atoms with Crippen LogP contribution in [0.2, 0.25) is 0 Å². The monoisotopic (exact) mass is 375 g/mol. The SMILES string of the molecule is CC1(S(=O)(=O)O)CCCCC1.O=C1NC(=O)c2c1ccc1ccccc21. The average Bonchev–Trinajstić information content (AvgIpc) is 2.90. The number of nitrogens with one attached hydrogen (secondary N) is 1. The summed E-state index contributed by atoms with van der Waals surface area (Å²) >= 11 is 0. The molecule has 0 spiro atoms. The lowest BCUT2D eigenvalue weighted by molar-refractivity contribution is 0.0880. The largest absolute Gasteiger partial charge is 0.288 e. The Morgan fingerprint density at radius 1 is 0.962 bits per heavy atom. The molecule has 4 rings (SSSR count). The second kappa shape index (κ2) is 6.81. The van der Waals surface area contributed by atoms with Crippen LogP contribution >= 0.6 is 0 Å². The van der Waals surface area contributed by atoms with E-state index in [-0.39, 0.29) is 11.8 Å². The zero-order valence-electron chi connectivity index (χ0n) is 14.5. The fourth-order valence-electron chi connectivity index (χ4n) is 3.50. The van der Waals surface area contributed by atoms with Gasteiger partial charge in [0.2, 0.25) is 0 Å². The Morgan fingerprint density at radius 2 is 1.62 bits per heavy atom. The van der Waals surface area contributed by atoms with Gasteiger partial charge >= 0.3 is 0 Å². The normalized spacial score (nSPS) is 18.7. The minimum atomic E-state index is -3.83. The first-order chi connectivity index (χ1) is 12.2. The van der Waals surface area contributed by atoms with Crippen LogP contribution in [0.3, 0.4) is 0 Å². The molecule has 7 heteroatoms. The Labute approximate surface area is 152 Å². The molecule has 2 aromatic rings. The van der Waals surface area contributed by atoms with E-state index in [9.17, 15) is 18.0 Å². The highest BCUT2D eigenvalue weighted by Gasteiger charge is 2.38. The standard InChI is InChI=1S/C12H7NO2.C7H14O3S/c14-11-9-6-5-7-3-1-2-4-8(7)10(9)12(15)13-11;1-7(11(8,9)10)5-3-2-4-6-7/h1-6H,(H,13,14,15);2-6H2,1H3,(H,8,9,10). The molecule has 2 aromatic carbocycles. The van der Waals surface area contributed by atoms with Crippen molar-refractivity contribution in [2.24, 2.45) is 0 Å². The summed E-state index contributed by atoms with van der Waals surface area (Å²) in [6.45, 7) is 1.63. The van der Waals surface area contributed by atoms with E-state index in [1.807, 2.05) is 30.3 Å². The number of benzene rings is 2. The average molecular weight is 375 g/mol. The maximum absolute atomic E-state index is 11.6. The Kier molecular flexibility index (Phi) is 4.86. The zero-order valence-corrected chi connectivity index (χ0v) is 15.3. The molecule has 0 bridgehead atoms. The fraction of sp³-hybridized carbons (Fsp3) is 0.368. The van der Waals surface area contributed by atoms with Gasteiger partial charge in [0.1, 0.15) is 0 Å². The molecule has 2 amide bonds. The van der Waals surface area contributed by atoms with E-state index in [1.54, 1.807) is 13.0 Å². The number of amides is 2. The van der Waals surface area contributed by atoms with Crippen molar-refractivity contribution >= 4 is 32.7 Å². The van der Waals surface area contributed by atoms with Gasteiger partial charge in [-0.05, 0) is 36.6 Å². The third-order valence-corrected chi connectivity index (χ3v) is 6.82. The first kappa shape index (κ1) is 18.5. The van der Waals surface area contributed by atoms with Gasteiger partial charge in [-0.3, -0.25) is 19.5 Å². The van der Waals surface area contributed by atoms with Crippen molar-refractivity contribution in [2.45, 2.75) is 43.8 Å². The van der Waals surface area contributed by atoms with E-state index in [2.05, 4.69) is 5.32 Å². The third kappa shape index (κ3) is 3.37. The van der Waals surface area contributed by atoms with Crippen molar-refractivity contribution in [2.75, 3.05) is 0 Å². The number of fused-ring (bicyclic) bond motifs is 3. The highest BCUT2D eigenvalue weighted by atomic mass is 32.2. The minimum Gasteiger partial charge on any atom is -0.288 e. The van der Waals surface area contributed by atoms with Crippen LogP contribution in [0.1, 0.15) is 59.7 Å². The summed E-state index contributed by atoms with van der Waals surface area (Å²) in [6, 6.07) is 11.1. The van der Waals surface area contributed by atoms with Gasteiger partial charge in [-0.1, -0.05) is 49.6 Å². The Balaban J connectivity index is 0.000000160. The topological polar surface area (TPSA) is 101 Å². The molecular formula is C19H21NO5S. The first-order valence-electron chi connectivity index (χ1n) is 8.57. The molecule has 1 aliphatic carbocycles. The summed E-state index contributed by atoms with van der Waals surface area (Å²) in [7, 11) is -3.83. The molecule has 1 saturated carbocycles. The van der Waals surface area contributed by atoms with Crippen molar-refractivity contribution < 1.29 is 22.6 Å². The molecule has 0 aromatic heterocycles. The van der Waals surface area contributed by atoms with Crippen molar-refractivity contribution in [1.82, 2.24) is 5.32 Å². The Bertz CT molecular complexity index is 975. The van der Waals surface area contributed by atoms with Crippen molar-refractivity contribution in [1.29, 1.82) is 0 Å². The Hall–Kier alpha value is -2.25. The molecular weight excluding hydrogens is 354 g/mol. The van der Waals surface area contributed by atoms with Crippen molar-refractivity contribution in [3.05, 3.63) is 47.5 Å². The van der Waals surface area contributed by atoms with E-state index in [4.69, 9.17) is 4.55 Å². The van der Waals surface area contributed by atoms with Gasteiger partial charge in [-0.15, -0.1) is 0 Å². The molecule has 1 fully saturated rings. The van der Waals surface area contributed by atoms with Gasteiger partial charge in [-0.2, -0.15) is 8.42 Å². The van der Waals surface area contributed by atoms with Crippen molar-refractivity contribution in [3.63, 3.8) is 0 Å². The fourth-order valence-corrected chi connectivity index (χ4v) is 4.30. The van der Waals surface area contributed by atoms with Crippen LogP contribution in [0.5, 0.6) is 0 Å². The number of hydrogen-bond acceptors (Lipinski definition) is 4. The molecule has 0 saturated heterocycles. The maximum Gasteiger partial charge on any atom is 0.270 e. The summed E-state index contributed by atoms with van der Waals surface area (Å²) in [5, 5.41) is 4.10. The smallest absolute Gasteiger partial charge is 0.270 e. The maximum atomic E-state index is 11.6.